The van der Waals surface area contributed by atoms with Crippen molar-refractivity contribution >= 4 is 22.5 Å². The molecule has 2 aromatic carbocycles. The lowest BCUT2D eigenvalue weighted by molar-refractivity contribution is 0.102. The highest BCUT2D eigenvalue weighted by Crippen LogP contribution is 2.18. The number of carbonyl (C=O) groups is 1. The van der Waals surface area contributed by atoms with E-state index in [2.05, 4.69) is 51.4 Å². The molecule has 0 atom stereocenters. The molecule has 140 valence electrons. The third-order valence-corrected chi connectivity index (χ3v) is 5.24. The Morgan fingerprint density at radius 1 is 1.04 bits per heavy atom. The van der Waals surface area contributed by atoms with E-state index in [0.29, 0.717) is 5.69 Å². The minimum atomic E-state index is -0.115. The van der Waals surface area contributed by atoms with Crippen molar-refractivity contribution in [3.8, 4) is 0 Å². The van der Waals surface area contributed by atoms with E-state index in [-0.39, 0.29) is 5.91 Å². The summed E-state index contributed by atoms with van der Waals surface area (Å²) in [5, 5.41) is 4.03. The maximum atomic E-state index is 12.5. The summed E-state index contributed by atoms with van der Waals surface area (Å²) in [7, 11) is 2.17. The van der Waals surface area contributed by atoms with Crippen LogP contribution in [0.2, 0.25) is 0 Å². The fourth-order valence-corrected chi connectivity index (χ4v) is 3.52. The molecule has 3 aromatic rings. The number of likely N-dealkylation sites (N-methyl/N-ethyl adjacent to an activating group) is 1. The van der Waals surface area contributed by atoms with Crippen molar-refractivity contribution in [3.63, 3.8) is 0 Å². The van der Waals surface area contributed by atoms with Crippen molar-refractivity contribution in [2.45, 2.75) is 13.5 Å². The zero-order valence-corrected chi connectivity index (χ0v) is 16.0. The number of aryl methyl sites for hydroxylation is 1. The topological polar surface area (TPSA) is 51.4 Å². The molecule has 1 fully saturated rings. The Labute approximate surface area is 160 Å². The molecule has 2 N–H and O–H groups in total. The molecule has 0 radical (unpaired) electrons. The summed E-state index contributed by atoms with van der Waals surface area (Å²) in [5.74, 6) is -0.115. The summed E-state index contributed by atoms with van der Waals surface area (Å²) in [4.78, 5) is 20.6. The number of piperazine rings is 1. The summed E-state index contributed by atoms with van der Waals surface area (Å²) in [6.45, 7) is 7.47. The van der Waals surface area contributed by atoms with Gasteiger partial charge in [0.1, 0.15) is 5.69 Å². The molecule has 1 aliphatic rings. The van der Waals surface area contributed by atoms with E-state index in [9.17, 15) is 4.79 Å². The Hall–Kier alpha value is -2.63. The second-order valence-corrected chi connectivity index (χ2v) is 7.50. The number of nitrogens with one attached hydrogen (secondary N) is 2. The standard InChI is InChI=1S/C22H26N4O/c1-16-3-6-18-14-21(24-20(18)13-16)22(27)23-19-7-4-17(5-8-19)15-26-11-9-25(2)10-12-26/h3-8,13-14,24H,9-12,15H2,1-2H3,(H,23,27). The number of hydrogen-bond donors (Lipinski definition) is 2. The third kappa shape index (κ3) is 4.21. The van der Waals surface area contributed by atoms with Crippen molar-refractivity contribution in [3.05, 3.63) is 65.4 Å². The van der Waals surface area contributed by atoms with Crippen molar-refractivity contribution in [2.75, 3.05) is 38.5 Å². The van der Waals surface area contributed by atoms with Crippen LogP contribution in [0.5, 0.6) is 0 Å². The molecule has 4 rings (SSSR count). The number of hydrogen-bond acceptors (Lipinski definition) is 3. The minimum absolute atomic E-state index is 0.115. The van der Waals surface area contributed by atoms with Crippen LogP contribution in [-0.2, 0) is 6.54 Å². The first-order chi connectivity index (χ1) is 13.1. The summed E-state index contributed by atoms with van der Waals surface area (Å²) in [6, 6.07) is 16.2. The van der Waals surface area contributed by atoms with E-state index in [1.54, 1.807) is 0 Å². The molecule has 1 aliphatic heterocycles. The van der Waals surface area contributed by atoms with Crippen molar-refractivity contribution < 1.29 is 4.79 Å². The van der Waals surface area contributed by atoms with Crippen LogP contribution < -0.4 is 5.32 Å². The van der Waals surface area contributed by atoms with Gasteiger partial charge in [-0.2, -0.15) is 0 Å². The number of H-pyrrole nitrogens is 1. The van der Waals surface area contributed by atoms with Gasteiger partial charge in [0.2, 0.25) is 0 Å². The molecule has 1 aromatic heterocycles. The van der Waals surface area contributed by atoms with Crippen LogP contribution in [0.1, 0.15) is 21.6 Å². The molecule has 5 heteroatoms. The van der Waals surface area contributed by atoms with Gasteiger partial charge in [0, 0.05) is 49.3 Å². The smallest absolute Gasteiger partial charge is 0.272 e. The number of amides is 1. The fraction of sp³-hybridized carbons (Fsp3) is 0.318. The van der Waals surface area contributed by atoms with Gasteiger partial charge in [0.25, 0.3) is 5.91 Å². The second-order valence-electron chi connectivity index (χ2n) is 7.50. The number of carbonyl (C=O) groups excluding carboxylic acids is 1. The van der Waals surface area contributed by atoms with Crippen molar-refractivity contribution in [1.82, 2.24) is 14.8 Å². The first-order valence-electron chi connectivity index (χ1n) is 9.47. The van der Waals surface area contributed by atoms with E-state index in [4.69, 9.17) is 0 Å². The van der Waals surface area contributed by atoms with Crippen LogP contribution in [0.25, 0.3) is 10.9 Å². The van der Waals surface area contributed by atoms with Gasteiger partial charge in [0.15, 0.2) is 0 Å². The lowest BCUT2D eigenvalue weighted by Gasteiger charge is -2.32. The highest BCUT2D eigenvalue weighted by atomic mass is 16.1. The Bertz CT molecular complexity index is 937. The van der Waals surface area contributed by atoms with Crippen molar-refractivity contribution in [2.24, 2.45) is 0 Å². The first kappa shape index (κ1) is 17.8. The van der Waals surface area contributed by atoms with Gasteiger partial charge in [-0.3, -0.25) is 9.69 Å². The maximum absolute atomic E-state index is 12.5. The van der Waals surface area contributed by atoms with E-state index in [1.807, 2.05) is 31.2 Å². The van der Waals surface area contributed by atoms with Gasteiger partial charge >= 0.3 is 0 Å². The van der Waals surface area contributed by atoms with Crippen LogP contribution >= 0.6 is 0 Å². The lowest BCUT2D eigenvalue weighted by atomic mass is 10.1. The molecule has 5 nitrogen and oxygen atoms in total. The molecular formula is C22H26N4O. The van der Waals surface area contributed by atoms with E-state index in [1.165, 1.54) is 11.1 Å². The summed E-state index contributed by atoms with van der Waals surface area (Å²) in [6.07, 6.45) is 0. The number of rotatable bonds is 4. The van der Waals surface area contributed by atoms with Crippen LogP contribution in [-0.4, -0.2) is 53.9 Å². The summed E-state index contributed by atoms with van der Waals surface area (Å²) >= 11 is 0. The van der Waals surface area contributed by atoms with Gasteiger partial charge in [-0.15, -0.1) is 0 Å². The van der Waals surface area contributed by atoms with Crippen LogP contribution in [0, 0.1) is 6.92 Å². The molecule has 1 amide bonds. The second kappa shape index (κ2) is 7.55. The Kier molecular flexibility index (Phi) is 4.97. The summed E-state index contributed by atoms with van der Waals surface area (Å²) in [5.41, 5.74) is 4.84. The summed E-state index contributed by atoms with van der Waals surface area (Å²) < 4.78 is 0. The lowest BCUT2D eigenvalue weighted by Crippen LogP contribution is -2.43. The molecule has 0 aliphatic carbocycles. The Balaban J connectivity index is 1.39. The highest BCUT2D eigenvalue weighted by molar-refractivity contribution is 6.05. The third-order valence-electron chi connectivity index (χ3n) is 5.24. The van der Waals surface area contributed by atoms with Crippen molar-refractivity contribution in [1.29, 1.82) is 0 Å². The largest absolute Gasteiger partial charge is 0.351 e. The van der Waals surface area contributed by atoms with Crippen LogP contribution in [0.3, 0.4) is 0 Å². The Morgan fingerprint density at radius 3 is 2.52 bits per heavy atom. The number of aromatic amines is 1. The number of benzene rings is 2. The molecule has 1 saturated heterocycles. The molecule has 27 heavy (non-hydrogen) atoms. The van der Waals surface area contributed by atoms with Gasteiger partial charge < -0.3 is 15.2 Å². The predicted octanol–water partition coefficient (Wildman–Crippen LogP) is 3.48. The minimum Gasteiger partial charge on any atom is -0.351 e. The molecule has 0 unspecified atom stereocenters. The number of nitrogens with zero attached hydrogens (tertiary/aromatic N) is 2. The average molecular weight is 362 g/mol. The number of aromatic nitrogens is 1. The number of fused-ring (bicyclic) bond motifs is 1. The predicted molar refractivity (Wildman–Crippen MR) is 110 cm³/mol. The number of anilines is 1. The zero-order valence-electron chi connectivity index (χ0n) is 16.0. The van der Waals surface area contributed by atoms with Gasteiger partial charge in [-0.05, 0) is 49.4 Å². The van der Waals surface area contributed by atoms with Crippen LogP contribution in [0.4, 0.5) is 5.69 Å². The normalized spacial score (nSPS) is 15.9. The van der Waals surface area contributed by atoms with Gasteiger partial charge in [-0.1, -0.05) is 24.3 Å². The molecule has 2 heterocycles. The Morgan fingerprint density at radius 2 is 1.78 bits per heavy atom. The molecule has 0 saturated carbocycles. The maximum Gasteiger partial charge on any atom is 0.272 e. The van der Waals surface area contributed by atoms with E-state index >= 15 is 0 Å². The van der Waals surface area contributed by atoms with Crippen LogP contribution in [0.15, 0.2) is 48.5 Å². The van der Waals surface area contributed by atoms with Gasteiger partial charge in [0.05, 0.1) is 0 Å². The molecular weight excluding hydrogens is 336 g/mol. The first-order valence-corrected chi connectivity index (χ1v) is 9.47. The molecule has 0 bridgehead atoms. The van der Waals surface area contributed by atoms with E-state index < -0.39 is 0 Å². The quantitative estimate of drug-likeness (QED) is 0.747. The fourth-order valence-electron chi connectivity index (χ4n) is 3.52. The monoisotopic (exact) mass is 362 g/mol. The zero-order chi connectivity index (χ0) is 18.8. The SMILES string of the molecule is Cc1ccc2cc(C(=O)Nc3ccc(CN4CCN(C)CC4)cc3)[nH]c2c1. The molecule has 0 spiro atoms. The average Bonchev–Trinajstić information content (AvgIpc) is 3.08. The van der Waals surface area contributed by atoms with Gasteiger partial charge in [-0.25, -0.2) is 0 Å². The van der Waals surface area contributed by atoms with E-state index in [0.717, 1.165) is 49.3 Å². The highest BCUT2D eigenvalue weighted by Gasteiger charge is 2.14.